The Morgan fingerprint density at radius 3 is 2.48 bits per heavy atom. The number of anilines is 3. The van der Waals surface area contributed by atoms with Crippen molar-refractivity contribution in [1.82, 2.24) is 15.2 Å². The van der Waals surface area contributed by atoms with Crippen molar-refractivity contribution >= 4 is 39.7 Å². The molecule has 0 aliphatic carbocycles. The van der Waals surface area contributed by atoms with E-state index in [2.05, 4.69) is 25.7 Å². The topological polar surface area (TPSA) is 118 Å². The quantitative estimate of drug-likeness (QED) is 0.286. The number of hydrogen-bond donors (Lipinski definition) is 2. The lowest BCUT2D eigenvalue weighted by molar-refractivity contribution is -0.116. The lowest BCUT2D eigenvalue weighted by Gasteiger charge is -2.27. The van der Waals surface area contributed by atoms with Crippen LogP contribution in [0.3, 0.4) is 0 Å². The van der Waals surface area contributed by atoms with E-state index in [4.69, 9.17) is 19.1 Å². The van der Waals surface area contributed by atoms with Crippen molar-refractivity contribution in [2.75, 3.05) is 41.8 Å². The third kappa shape index (κ3) is 5.01. The fourth-order valence-electron chi connectivity index (χ4n) is 4.86. The summed E-state index contributed by atoms with van der Waals surface area (Å²) in [5.41, 5.74) is 3.78. The van der Waals surface area contributed by atoms with E-state index in [1.165, 1.54) is 17.4 Å². The summed E-state index contributed by atoms with van der Waals surface area (Å²) < 4.78 is 26.2. The van der Waals surface area contributed by atoms with Crippen molar-refractivity contribution < 1.29 is 18.3 Å². The van der Waals surface area contributed by atoms with Gasteiger partial charge >= 0.3 is 6.01 Å². The molecule has 12 heteroatoms. The van der Waals surface area contributed by atoms with Gasteiger partial charge in [-0.1, -0.05) is 77.1 Å². The first-order chi connectivity index (χ1) is 20.6. The molecule has 0 unspecified atom stereocenters. The molecule has 42 heavy (non-hydrogen) atoms. The zero-order chi connectivity index (χ0) is 28.5. The van der Waals surface area contributed by atoms with Crippen molar-refractivity contribution in [3.63, 3.8) is 0 Å². The van der Waals surface area contributed by atoms with Crippen LogP contribution < -0.4 is 15.5 Å². The highest BCUT2D eigenvalue weighted by Crippen LogP contribution is 2.41. The summed E-state index contributed by atoms with van der Waals surface area (Å²) in [6.45, 7) is 2.41. The van der Waals surface area contributed by atoms with E-state index in [1.807, 2.05) is 54.6 Å². The van der Waals surface area contributed by atoms with Gasteiger partial charge in [0.2, 0.25) is 6.17 Å². The van der Waals surface area contributed by atoms with Gasteiger partial charge in [-0.15, -0.1) is 5.10 Å². The van der Waals surface area contributed by atoms with Gasteiger partial charge in [0.25, 0.3) is 11.8 Å². The van der Waals surface area contributed by atoms with Crippen molar-refractivity contribution in [2.45, 2.75) is 6.17 Å². The number of carbonyl (C=O) groups is 1. The molecule has 1 amide bonds. The first-order valence-corrected chi connectivity index (χ1v) is 14.2. The minimum atomic E-state index is -1.05. The number of aliphatic imine (C=N–C) groups is 1. The fraction of sp³-hybridized carbons (Fsp3) is 0.167. The molecular weight excluding hydrogens is 557 g/mol. The lowest BCUT2D eigenvalue weighted by Crippen LogP contribution is -2.35. The van der Waals surface area contributed by atoms with Crippen LogP contribution in [-0.4, -0.2) is 59.3 Å². The highest BCUT2D eigenvalue weighted by molar-refractivity contribution is 7.19. The molecule has 0 spiro atoms. The summed E-state index contributed by atoms with van der Waals surface area (Å²) in [5.74, 6) is -0.605. The zero-order valence-electron chi connectivity index (χ0n) is 22.2. The normalized spacial score (nSPS) is 16.8. The number of thiazole rings is 1. The van der Waals surface area contributed by atoms with Crippen LogP contribution in [0.1, 0.15) is 11.1 Å². The molecule has 0 bridgehead atoms. The molecule has 2 aliphatic rings. The van der Waals surface area contributed by atoms with E-state index >= 15 is 0 Å². The molecule has 2 N–H and O–H groups in total. The molecule has 1 fully saturated rings. The largest absolute Gasteiger partial charge is 0.402 e. The highest BCUT2D eigenvalue weighted by Gasteiger charge is 2.29. The van der Waals surface area contributed by atoms with Crippen LogP contribution in [0.4, 0.5) is 21.1 Å². The van der Waals surface area contributed by atoms with Crippen LogP contribution in [0.25, 0.3) is 22.2 Å². The summed E-state index contributed by atoms with van der Waals surface area (Å²) in [5, 5.41) is 15.6. The van der Waals surface area contributed by atoms with Gasteiger partial charge in [0.1, 0.15) is 15.8 Å². The van der Waals surface area contributed by atoms with E-state index in [1.54, 1.807) is 18.2 Å². The number of fused-ring (bicyclic) bond motifs is 1. The molecule has 2 aromatic heterocycles. The third-order valence-electron chi connectivity index (χ3n) is 6.89. The molecule has 0 radical (unpaired) electrons. The van der Waals surface area contributed by atoms with Gasteiger partial charge in [-0.05, 0) is 18.2 Å². The van der Waals surface area contributed by atoms with Crippen molar-refractivity contribution in [3.05, 3.63) is 95.8 Å². The Morgan fingerprint density at radius 2 is 1.67 bits per heavy atom. The molecule has 1 atom stereocenters. The van der Waals surface area contributed by atoms with Gasteiger partial charge in [-0.3, -0.25) is 4.79 Å². The summed E-state index contributed by atoms with van der Waals surface area (Å²) >= 11 is 1.35. The molecule has 0 saturated carbocycles. The number of nitrogens with zero attached hydrogens (tertiary/aromatic N) is 5. The fourth-order valence-corrected chi connectivity index (χ4v) is 5.99. The van der Waals surface area contributed by atoms with E-state index in [0.29, 0.717) is 54.0 Å². The van der Waals surface area contributed by atoms with Gasteiger partial charge in [-0.25, -0.2) is 14.4 Å². The van der Waals surface area contributed by atoms with Gasteiger partial charge < -0.3 is 24.7 Å². The van der Waals surface area contributed by atoms with Crippen LogP contribution in [0.5, 0.6) is 0 Å². The smallest absolute Gasteiger partial charge is 0.317 e. The molecule has 5 aromatic rings. The Balaban J connectivity index is 1.23. The van der Waals surface area contributed by atoms with E-state index < -0.39 is 6.17 Å². The lowest BCUT2D eigenvalue weighted by atomic mass is 10.0. The summed E-state index contributed by atoms with van der Waals surface area (Å²) in [4.78, 5) is 24.9. The average Bonchev–Trinajstić information content (AvgIpc) is 3.65. The maximum Gasteiger partial charge on any atom is 0.317 e. The molecule has 4 heterocycles. The molecule has 210 valence electrons. The Labute approximate surface area is 243 Å². The predicted octanol–water partition coefficient (Wildman–Crippen LogP) is 5.06. The van der Waals surface area contributed by atoms with Crippen LogP contribution in [0, 0.1) is 5.82 Å². The first-order valence-electron chi connectivity index (χ1n) is 13.4. The number of amides is 1. The Bertz CT molecular complexity index is 1780. The van der Waals surface area contributed by atoms with Crippen LogP contribution in [0.15, 0.2) is 88.3 Å². The number of halogens is 1. The van der Waals surface area contributed by atoms with Crippen LogP contribution in [-0.2, 0) is 9.53 Å². The molecule has 7 rings (SSSR count). The number of aromatic nitrogens is 3. The maximum atomic E-state index is 14.7. The third-order valence-corrected chi connectivity index (χ3v) is 8.04. The van der Waals surface area contributed by atoms with Crippen LogP contribution >= 0.6 is 11.3 Å². The average molecular weight is 582 g/mol. The maximum absolute atomic E-state index is 14.7. The second-order valence-corrected chi connectivity index (χ2v) is 10.6. The summed E-state index contributed by atoms with van der Waals surface area (Å²) in [6, 6.07) is 23.6. The number of nitrogens with one attached hydrogen (secondary N) is 2. The number of rotatable bonds is 6. The van der Waals surface area contributed by atoms with Gasteiger partial charge in [-0.2, -0.15) is 0 Å². The second kappa shape index (κ2) is 11.1. The number of hydrogen-bond acceptors (Lipinski definition) is 10. The van der Waals surface area contributed by atoms with Gasteiger partial charge in [0.05, 0.1) is 24.6 Å². The van der Waals surface area contributed by atoms with Crippen molar-refractivity contribution in [3.8, 4) is 22.2 Å². The number of benzodiazepines with no additional fused rings is 1. The minimum absolute atomic E-state index is 0.000590. The summed E-state index contributed by atoms with van der Waals surface area (Å²) in [7, 11) is 0. The van der Waals surface area contributed by atoms with Crippen molar-refractivity contribution in [1.29, 1.82) is 0 Å². The van der Waals surface area contributed by atoms with Gasteiger partial charge in [0.15, 0.2) is 5.69 Å². The minimum Gasteiger partial charge on any atom is -0.402 e. The van der Waals surface area contributed by atoms with E-state index in [0.717, 1.165) is 16.1 Å². The second-order valence-electron chi connectivity index (χ2n) is 9.59. The SMILES string of the molecule is O=C1Nc2ccccc2C(c2ccccc2)=N[C@@H]1Nc1nnc(-c2nc(-c3ccccc3F)sc2N2CCOCC2)o1. The molecular formula is C30H24FN7O3S. The standard InChI is InChI=1S/C30H24FN7O3S/c31-21-12-6-4-10-19(21)28-34-24(29(42-28)38-14-16-40-17-15-38)27-36-37-30(41-27)35-25-26(39)32-22-13-7-5-11-20(22)23(33-25)18-8-2-1-3-9-18/h1-13,25H,14-17H2,(H,32,39)(H,35,37)/t25-/m1/s1. The van der Waals surface area contributed by atoms with Crippen LogP contribution in [0.2, 0.25) is 0 Å². The predicted molar refractivity (Wildman–Crippen MR) is 158 cm³/mol. The molecule has 10 nitrogen and oxygen atoms in total. The number of para-hydroxylation sites is 1. The van der Waals surface area contributed by atoms with E-state index in [9.17, 15) is 9.18 Å². The van der Waals surface area contributed by atoms with E-state index in [-0.39, 0.29) is 23.6 Å². The Hall–Kier alpha value is -4.94. The number of carbonyl (C=O) groups excluding carboxylic acids is 1. The molecule has 2 aliphatic heterocycles. The number of benzene rings is 3. The molecule has 3 aromatic carbocycles. The first kappa shape index (κ1) is 26.0. The molecule has 1 saturated heterocycles. The number of ether oxygens (including phenoxy) is 1. The Morgan fingerprint density at radius 1 is 0.929 bits per heavy atom. The van der Waals surface area contributed by atoms with Gasteiger partial charge in [0, 0.05) is 29.8 Å². The highest BCUT2D eigenvalue weighted by atomic mass is 32.1. The Kier molecular flexibility index (Phi) is 6.90. The summed E-state index contributed by atoms with van der Waals surface area (Å²) in [6.07, 6.45) is -1.05. The number of morpholine rings is 1. The van der Waals surface area contributed by atoms with Crippen molar-refractivity contribution in [2.24, 2.45) is 4.99 Å². The monoisotopic (exact) mass is 581 g/mol. The zero-order valence-corrected chi connectivity index (χ0v) is 23.0.